The van der Waals surface area contributed by atoms with Gasteiger partial charge in [-0.2, -0.15) is 0 Å². The lowest BCUT2D eigenvalue weighted by Crippen LogP contribution is -2.44. The lowest BCUT2D eigenvalue weighted by atomic mass is 9.84. The summed E-state index contributed by atoms with van der Waals surface area (Å²) in [7, 11) is 5.44. The third-order valence-electron chi connectivity index (χ3n) is 4.56. The Morgan fingerprint density at radius 2 is 2.04 bits per heavy atom. The van der Waals surface area contributed by atoms with Gasteiger partial charge in [-0.3, -0.25) is 4.99 Å². The molecule has 0 aliphatic heterocycles. The number of thiazole rings is 1. The van der Waals surface area contributed by atoms with E-state index in [4.69, 9.17) is 4.74 Å². The Morgan fingerprint density at radius 1 is 1.37 bits per heavy atom. The fourth-order valence-corrected chi connectivity index (χ4v) is 3.53. The number of halogens is 1. The maximum atomic E-state index is 13.2. The highest BCUT2D eigenvalue weighted by molar-refractivity contribution is 7.09. The Bertz CT molecular complexity index is 758. The zero-order chi connectivity index (χ0) is 20.0. The highest BCUT2D eigenvalue weighted by Crippen LogP contribution is 2.23. The minimum absolute atomic E-state index is 0.00278. The lowest BCUT2D eigenvalue weighted by Gasteiger charge is -2.29. The van der Waals surface area contributed by atoms with Gasteiger partial charge in [0.25, 0.3) is 0 Å². The van der Waals surface area contributed by atoms with E-state index in [1.165, 1.54) is 12.1 Å². The molecule has 0 bridgehead atoms. The predicted molar refractivity (Wildman–Crippen MR) is 110 cm³/mol. The zero-order valence-electron chi connectivity index (χ0n) is 16.9. The van der Waals surface area contributed by atoms with Crippen molar-refractivity contribution in [3.05, 3.63) is 51.7 Å². The van der Waals surface area contributed by atoms with Crippen molar-refractivity contribution < 1.29 is 9.13 Å². The summed E-state index contributed by atoms with van der Waals surface area (Å²) in [5, 5.41) is 6.44. The topological polar surface area (TPSA) is 49.8 Å². The summed E-state index contributed by atoms with van der Waals surface area (Å²) in [6.07, 6.45) is 0.00278. The van der Waals surface area contributed by atoms with Crippen molar-refractivity contribution in [2.24, 2.45) is 4.99 Å². The molecule has 0 fully saturated rings. The Kier molecular flexibility index (Phi) is 7.33. The van der Waals surface area contributed by atoms with Gasteiger partial charge in [-0.25, -0.2) is 9.37 Å². The van der Waals surface area contributed by atoms with E-state index < -0.39 is 0 Å². The summed E-state index contributed by atoms with van der Waals surface area (Å²) >= 11 is 1.61. The highest BCUT2D eigenvalue weighted by Gasteiger charge is 2.22. The van der Waals surface area contributed by atoms with Gasteiger partial charge >= 0.3 is 0 Å². The van der Waals surface area contributed by atoms with Crippen LogP contribution in [0.4, 0.5) is 4.39 Å². The van der Waals surface area contributed by atoms with Crippen LogP contribution >= 0.6 is 11.3 Å². The molecule has 148 valence electrons. The number of hydrogen-bond acceptors (Lipinski definition) is 4. The van der Waals surface area contributed by atoms with Crippen LogP contribution in [-0.2, 0) is 16.7 Å². The van der Waals surface area contributed by atoms with E-state index in [0.717, 1.165) is 22.2 Å². The van der Waals surface area contributed by atoms with Crippen molar-refractivity contribution in [3.63, 3.8) is 0 Å². The maximum absolute atomic E-state index is 13.2. The number of guanidine groups is 1. The molecule has 1 unspecified atom stereocenters. The molecule has 2 rings (SSSR count). The molecule has 1 aromatic heterocycles. The van der Waals surface area contributed by atoms with Crippen molar-refractivity contribution in [2.75, 3.05) is 27.7 Å². The summed E-state index contributed by atoms with van der Waals surface area (Å²) in [6.45, 7) is 7.57. The van der Waals surface area contributed by atoms with Gasteiger partial charge in [0.1, 0.15) is 16.9 Å². The molecule has 0 saturated carbocycles. The van der Waals surface area contributed by atoms with E-state index in [-0.39, 0.29) is 17.3 Å². The molecule has 0 aliphatic rings. The Hall–Kier alpha value is -1.99. The first-order valence-electron chi connectivity index (χ1n) is 8.91. The summed E-state index contributed by atoms with van der Waals surface area (Å²) in [6, 6.07) is 6.66. The van der Waals surface area contributed by atoms with Crippen LogP contribution in [-0.4, -0.2) is 43.6 Å². The number of methoxy groups -OCH3 is 1. The van der Waals surface area contributed by atoms with Gasteiger partial charge in [-0.05, 0) is 24.6 Å². The van der Waals surface area contributed by atoms with Crippen molar-refractivity contribution in [1.82, 2.24) is 15.2 Å². The molecule has 1 aromatic carbocycles. The van der Waals surface area contributed by atoms with E-state index in [2.05, 4.69) is 34.5 Å². The predicted octanol–water partition coefficient (Wildman–Crippen LogP) is 3.97. The smallest absolute Gasteiger partial charge is 0.193 e. The quantitative estimate of drug-likeness (QED) is 0.572. The first-order chi connectivity index (χ1) is 12.8. The van der Waals surface area contributed by atoms with Crippen molar-refractivity contribution in [1.29, 1.82) is 0 Å². The second-order valence-electron chi connectivity index (χ2n) is 7.20. The van der Waals surface area contributed by atoms with Crippen LogP contribution < -0.4 is 5.32 Å². The monoisotopic (exact) mass is 392 g/mol. The van der Waals surface area contributed by atoms with Crippen LogP contribution in [0.5, 0.6) is 0 Å². The molecule has 0 aliphatic carbocycles. The van der Waals surface area contributed by atoms with Gasteiger partial charge in [0, 0.05) is 38.5 Å². The minimum Gasteiger partial charge on any atom is -0.375 e. The van der Waals surface area contributed by atoms with Gasteiger partial charge in [-0.15, -0.1) is 11.3 Å². The van der Waals surface area contributed by atoms with Crippen LogP contribution in [0.15, 0.2) is 34.6 Å². The molecular formula is C20H29FN4OS. The molecule has 1 heterocycles. The Labute approximate surface area is 165 Å². The second kappa shape index (κ2) is 9.28. The molecule has 0 saturated heterocycles. The molecule has 5 nitrogen and oxygen atoms in total. The summed E-state index contributed by atoms with van der Waals surface area (Å²) in [5.74, 6) is 0.572. The van der Waals surface area contributed by atoms with Crippen LogP contribution in [0.3, 0.4) is 0 Å². The standard InChI is InChI=1S/C20H29FN4OS/c1-14(26-6)18-24-17(12-27-18)11-25(5)19(22-4)23-13-20(2,3)15-7-9-16(21)10-8-15/h7-10,12,14H,11,13H2,1-6H3,(H,22,23). The molecule has 2 aromatic rings. The minimum atomic E-state index is -0.219. The fourth-order valence-electron chi connectivity index (χ4n) is 2.69. The van der Waals surface area contributed by atoms with Gasteiger partial charge in [0.2, 0.25) is 0 Å². The maximum Gasteiger partial charge on any atom is 0.193 e. The largest absolute Gasteiger partial charge is 0.375 e. The van der Waals surface area contributed by atoms with Crippen LogP contribution in [0.2, 0.25) is 0 Å². The SMILES string of the molecule is CN=C(NCC(C)(C)c1ccc(F)cc1)N(C)Cc1csc(C(C)OC)n1. The summed E-state index contributed by atoms with van der Waals surface area (Å²) < 4.78 is 18.5. The molecule has 1 N–H and O–H groups in total. The molecule has 27 heavy (non-hydrogen) atoms. The van der Waals surface area contributed by atoms with Crippen LogP contribution in [0.1, 0.15) is 43.1 Å². The Morgan fingerprint density at radius 3 is 2.63 bits per heavy atom. The first kappa shape index (κ1) is 21.3. The molecule has 1 atom stereocenters. The van der Waals surface area contributed by atoms with E-state index in [9.17, 15) is 4.39 Å². The number of hydrogen-bond donors (Lipinski definition) is 1. The number of rotatable bonds is 7. The van der Waals surface area contributed by atoms with Crippen molar-refractivity contribution in [2.45, 2.75) is 38.8 Å². The van der Waals surface area contributed by atoms with Crippen molar-refractivity contribution in [3.8, 4) is 0 Å². The van der Waals surface area contributed by atoms with Gasteiger partial charge < -0.3 is 15.0 Å². The van der Waals surface area contributed by atoms with Crippen LogP contribution in [0, 0.1) is 5.82 Å². The van der Waals surface area contributed by atoms with E-state index in [1.54, 1.807) is 25.5 Å². The van der Waals surface area contributed by atoms with Gasteiger partial charge in [-0.1, -0.05) is 26.0 Å². The first-order valence-corrected chi connectivity index (χ1v) is 9.79. The molecule has 0 amide bonds. The average Bonchev–Trinajstić information content (AvgIpc) is 3.10. The Balaban J connectivity index is 1.97. The van der Waals surface area contributed by atoms with E-state index in [0.29, 0.717) is 13.1 Å². The molecular weight excluding hydrogens is 363 g/mol. The molecule has 0 radical (unpaired) electrons. The third-order valence-corrected chi connectivity index (χ3v) is 5.61. The second-order valence-corrected chi connectivity index (χ2v) is 8.09. The fraction of sp³-hybridized carbons (Fsp3) is 0.500. The number of ether oxygens (including phenoxy) is 1. The number of benzene rings is 1. The normalized spacial score (nSPS) is 13.5. The summed E-state index contributed by atoms with van der Waals surface area (Å²) in [5.41, 5.74) is 1.90. The van der Waals surface area contributed by atoms with Crippen LogP contribution in [0.25, 0.3) is 0 Å². The van der Waals surface area contributed by atoms with E-state index >= 15 is 0 Å². The highest BCUT2D eigenvalue weighted by atomic mass is 32.1. The molecule has 0 spiro atoms. The number of aliphatic imine (C=N–C) groups is 1. The molecule has 7 heteroatoms. The zero-order valence-corrected chi connectivity index (χ0v) is 17.7. The lowest BCUT2D eigenvalue weighted by molar-refractivity contribution is 0.119. The average molecular weight is 393 g/mol. The number of nitrogens with zero attached hydrogens (tertiary/aromatic N) is 3. The van der Waals surface area contributed by atoms with E-state index in [1.807, 2.05) is 31.0 Å². The van der Waals surface area contributed by atoms with Gasteiger partial charge in [0.05, 0.1) is 12.2 Å². The summed E-state index contributed by atoms with van der Waals surface area (Å²) in [4.78, 5) is 11.1. The third kappa shape index (κ3) is 5.74. The number of nitrogens with one attached hydrogen (secondary N) is 1. The van der Waals surface area contributed by atoms with Gasteiger partial charge in [0.15, 0.2) is 5.96 Å². The number of aromatic nitrogens is 1. The van der Waals surface area contributed by atoms with Crippen molar-refractivity contribution >= 4 is 17.3 Å².